The summed E-state index contributed by atoms with van der Waals surface area (Å²) >= 11 is 0. The van der Waals surface area contributed by atoms with E-state index in [4.69, 9.17) is 21.1 Å². The zero-order valence-electron chi connectivity index (χ0n) is 18.3. The number of aromatic amines is 1. The Kier molecular flexibility index (Phi) is 9.28. The van der Waals surface area contributed by atoms with Gasteiger partial charge in [0.15, 0.2) is 0 Å². The molecule has 0 saturated carbocycles. The summed E-state index contributed by atoms with van der Waals surface area (Å²) in [5, 5.41) is 34.4. The number of benzene rings is 1. The van der Waals surface area contributed by atoms with Crippen LogP contribution in [0, 0.1) is 0 Å². The quantitative estimate of drug-likeness (QED) is 0.156. The summed E-state index contributed by atoms with van der Waals surface area (Å²) in [5.41, 5.74) is 6.74. The van der Waals surface area contributed by atoms with Crippen molar-refractivity contribution in [2.45, 2.75) is 37.4 Å². The van der Waals surface area contributed by atoms with Crippen molar-refractivity contribution < 1.29 is 44.1 Å². The average molecular weight is 491 g/mol. The van der Waals surface area contributed by atoms with Gasteiger partial charge in [-0.05, 0) is 11.6 Å². The van der Waals surface area contributed by atoms with Gasteiger partial charge in [-0.15, -0.1) is 0 Å². The first-order chi connectivity index (χ1) is 16.5. The fourth-order valence-corrected chi connectivity index (χ4v) is 3.29. The zero-order valence-corrected chi connectivity index (χ0v) is 18.3. The number of hydrogen-bond acceptors (Lipinski definition) is 7. The van der Waals surface area contributed by atoms with Gasteiger partial charge in [-0.1, -0.05) is 18.2 Å². The van der Waals surface area contributed by atoms with Crippen molar-refractivity contribution >= 4 is 46.5 Å². The number of carbonyl (C=O) groups excluding carboxylic acids is 3. The number of rotatable bonds is 13. The van der Waals surface area contributed by atoms with Crippen molar-refractivity contribution in [2.24, 2.45) is 5.73 Å². The highest BCUT2D eigenvalue weighted by atomic mass is 16.4. The molecule has 188 valence electrons. The van der Waals surface area contributed by atoms with Crippen LogP contribution in [0.1, 0.15) is 18.4 Å². The van der Waals surface area contributed by atoms with Crippen LogP contribution in [0.15, 0.2) is 30.5 Å². The Morgan fingerprint density at radius 2 is 1.40 bits per heavy atom. The molecule has 0 saturated heterocycles. The summed E-state index contributed by atoms with van der Waals surface area (Å²) in [4.78, 5) is 73.8. The lowest BCUT2D eigenvalue weighted by Crippen LogP contribution is -2.57. The topological polar surface area (TPSA) is 241 Å². The molecule has 2 aromatic rings. The van der Waals surface area contributed by atoms with Gasteiger partial charge in [0, 0.05) is 23.5 Å². The Morgan fingerprint density at radius 3 is 2.00 bits per heavy atom. The molecule has 0 spiro atoms. The predicted octanol–water partition coefficient (Wildman–Crippen LogP) is -1.84. The van der Waals surface area contributed by atoms with Gasteiger partial charge in [0.05, 0.1) is 19.4 Å². The minimum Gasteiger partial charge on any atom is -0.481 e. The molecule has 1 aromatic carbocycles. The number of amides is 3. The van der Waals surface area contributed by atoms with E-state index in [1.165, 1.54) is 0 Å². The molecule has 3 atom stereocenters. The van der Waals surface area contributed by atoms with Gasteiger partial charge in [-0.2, -0.15) is 0 Å². The van der Waals surface area contributed by atoms with E-state index in [2.05, 4.69) is 15.6 Å². The number of nitrogens with one attached hydrogen (secondary N) is 4. The zero-order chi connectivity index (χ0) is 26.1. The maximum absolute atomic E-state index is 13.0. The summed E-state index contributed by atoms with van der Waals surface area (Å²) in [6.07, 6.45) is -0.309. The van der Waals surface area contributed by atoms with Crippen LogP contribution in [-0.2, 0) is 35.2 Å². The van der Waals surface area contributed by atoms with Crippen LogP contribution in [0.25, 0.3) is 10.9 Å². The second-order valence-electron chi connectivity index (χ2n) is 7.54. The number of carbonyl (C=O) groups is 6. The number of carboxylic acid groups (broad SMARTS) is 3. The van der Waals surface area contributed by atoms with Crippen molar-refractivity contribution in [1.29, 1.82) is 0 Å². The Morgan fingerprint density at radius 1 is 0.829 bits per heavy atom. The average Bonchev–Trinajstić information content (AvgIpc) is 3.19. The lowest BCUT2D eigenvalue weighted by molar-refractivity contribution is -0.148. The summed E-state index contributed by atoms with van der Waals surface area (Å²) in [7, 11) is 0. The van der Waals surface area contributed by atoms with E-state index in [9.17, 15) is 28.8 Å². The van der Waals surface area contributed by atoms with Crippen molar-refractivity contribution in [3.05, 3.63) is 36.0 Å². The van der Waals surface area contributed by atoms with E-state index >= 15 is 0 Å². The Labute approximate surface area is 197 Å². The number of aromatic nitrogens is 1. The van der Waals surface area contributed by atoms with Crippen LogP contribution >= 0.6 is 0 Å². The third-order valence-corrected chi connectivity index (χ3v) is 4.94. The number of fused-ring (bicyclic) bond motifs is 1. The van der Waals surface area contributed by atoms with Gasteiger partial charge >= 0.3 is 17.9 Å². The van der Waals surface area contributed by atoms with E-state index in [1.807, 2.05) is 5.32 Å². The number of para-hydroxylation sites is 1. The Hall–Kier alpha value is -4.46. The largest absolute Gasteiger partial charge is 0.481 e. The van der Waals surface area contributed by atoms with E-state index in [-0.39, 0.29) is 6.42 Å². The maximum atomic E-state index is 13.0. The molecule has 1 aromatic heterocycles. The first kappa shape index (κ1) is 26.8. The second-order valence-corrected chi connectivity index (χ2v) is 7.54. The van der Waals surface area contributed by atoms with Crippen LogP contribution in [0.2, 0.25) is 0 Å². The number of nitrogens with two attached hydrogens (primary N) is 1. The third-order valence-electron chi connectivity index (χ3n) is 4.94. The molecule has 14 nitrogen and oxygen atoms in total. The fourth-order valence-electron chi connectivity index (χ4n) is 3.29. The van der Waals surface area contributed by atoms with E-state index in [0.717, 1.165) is 10.9 Å². The van der Waals surface area contributed by atoms with Gasteiger partial charge in [-0.25, -0.2) is 4.79 Å². The fraction of sp³-hybridized carbons (Fsp3) is 0.333. The SMILES string of the molecule is NCC(=O)NC(Cc1c[nH]c2ccccc12)C(=O)NC(CC(=O)O)C(=O)NC(CC(=O)O)C(=O)O. The number of carboxylic acids is 3. The van der Waals surface area contributed by atoms with Crippen LogP contribution in [-0.4, -0.2) is 80.6 Å². The lowest BCUT2D eigenvalue weighted by Gasteiger charge is -2.23. The molecule has 0 aliphatic rings. The standard InChI is InChI=1S/C21H25N5O9/c22-8-16(27)24-13(5-10-9-23-12-4-2-1-3-11(10)12)19(32)25-14(6-17(28)29)20(33)26-15(21(34)35)7-18(30)31/h1-4,9,13-15,23H,5-8,22H2,(H,24,27)(H,25,32)(H,26,33)(H,28,29)(H,30,31)(H,34,35). The van der Waals surface area contributed by atoms with Gasteiger partial charge in [-0.3, -0.25) is 24.0 Å². The molecule has 14 heteroatoms. The highest BCUT2D eigenvalue weighted by molar-refractivity contribution is 5.96. The second kappa shape index (κ2) is 12.1. The van der Waals surface area contributed by atoms with Gasteiger partial charge in [0.2, 0.25) is 17.7 Å². The van der Waals surface area contributed by atoms with Gasteiger partial charge in [0.1, 0.15) is 18.1 Å². The smallest absolute Gasteiger partial charge is 0.326 e. The molecule has 0 aliphatic carbocycles. The molecule has 0 aliphatic heterocycles. The molecular weight excluding hydrogens is 466 g/mol. The monoisotopic (exact) mass is 491 g/mol. The molecule has 0 radical (unpaired) electrons. The minimum absolute atomic E-state index is 0.0419. The van der Waals surface area contributed by atoms with Crippen LogP contribution < -0.4 is 21.7 Å². The molecule has 9 N–H and O–H groups in total. The highest BCUT2D eigenvalue weighted by Gasteiger charge is 2.32. The summed E-state index contributed by atoms with van der Waals surface area (Å²) in [6, 6.07) is 2.29. The molecule has 2 rings (SSSR count). The van der Waals surface area contributed by atoms with Crippen molar-refractivity contribution in [3.8, 4) is 0 Å². The Bertz CT molecular complexity index is 1130. The predicted molar refractivity (Wildman–Crippen MR) is 119 cm³/mol. The number of hydrogen-bond donors (Lipinski definition) is 8. The molecule has 1 heterocycles. The molecule has 0 fully saturated rings. The molecule has 3 unspecified atom stereocenters. The van der Waals surface area contributed by atoms with Crippen LogP contribution in [0.4, 0.5) is 0 Å². The normalized spacial score (nSPS) is 13.3. The number of H-pyrrole nitrogens is 1. The number of aliphatic carboxylic acids is 3. The van der Waals surface area contributed by atoms with Crippen LogP contribution in [0.3, 0.4) is 0 Å². The summed E-state index contributed by atoms with van der Waals surface area (Å²) in [5.74, 6) is -7.49. The van der Waals surface area contributed by atoms with Gasteiger partial charge < -0.3 is 42.0 Å². The molecular formula is C21H25N5O9. The van der Waals surface area contributed by atoms with E-state index in [1.54, 1.807) is 30.5 Å². The summed E-state index contributed by atoms with van der Waals surface area (Å²) < 4.78 is 0. The molecule has 0 bridgehead atoms. The molecule has 3 amide bonds. The van der Waals surface area contributed by atoms with Crippen LogP contribution in [0.5, 0.6) is 0 Å². The van der Waals surface area contributed by atoms with E-state index in [0.29, 0.717) is 5.56 Å². The van der Waals surface area contributed by atoms with E-state index < -0.39 is 73.1 Å². The summed E-state index contributed by atoms with van der Waals surface area (Å²) in [6.45, 7) is -0.438. The Balaban J connectivity index is 2.25. The van der Waals surface area contributed by atoms with Gasteiger partial charge in [0.25, 0.3) is 0 Å². The lowest BCUT2D eigenvalue weighted by atomic mass is 10.0. The first-order valence-corrected chi connectivity index (χ1v) is 10.3. The highest BCUT2D eigenvalue weighted by Crippen LogP contribution is 2.19. The third kappa shape index (κ3) is 7.82. The van der Waals surface area contributed by atoms with Crippen molar-refractivity contribution in [3.63, 3.8) is 0 Å². The maximum Gasteiger partial charge on any atom is 0.326 e. The minimum atomic E-state index is -1.85. The van der Waals surface area contributed by atoms with Crippen molar-refractivity contribution in [1.82, 2.24) is 20.9 Å². The first-order valence-electron chi connectivity index (χ1n) is 10.3. The molecule has 35 heavy (non-hydrogen) atoms. The van der Waals surface area contributed by atoms with Crippen molar-refractivity contribution in [2.75, 3.05) is 6.54 Å².